The van der Waals surface area contributed by atoms with Gasteiger partial charge in [0, 0.05) is 32.1 Å². The zero-order chi connectivity index (χ0) is 19.1. The standard InChI is InChI=1S/C21H26N2O3/c1-15-6-5-7-20(16(15)2)23(17(3)24)13-12-21(25)22-14-18-8-10-19(26-4)11-9-18/h5-11H,12-14H2,1-4H3,(H,22,25). The topological polar surface area (TPSA) is 58.6 Å². The summed E-state index contributed by atoms with van der Waals surface area (Å²) in [7, 11) is 1.62. The molecule has 0 aliphatic carbocycles. The summed E-state index contributed by atoms with van der Waals surface area (Å²) in [6, 6.07) is 13.4. The smallest absolute Gasteiger partial charge is 0.223 e. The molecule has 0 fully saturated rings. The van der Waals surface area contributed by atoms with Gasteiger partial charge in [-0.2, -0.15) is 0 Å². The molecule has 0 aliphatic heterocycles. The van der Waals surface area contributed by atoms with Crippen LogP contribution in [0, 0.1) is 13.8 Å². The van der Waals surface area contributed by atoms with Crippen molar-refractivity contribution in [3.05, 3.63) is 59.2 Å². The first kappa shape index (κ1) is 19.5. The van der Waals surface area contributed by atoms with Crippen molar-refractivity contribution in [2.75, 3.05) is 18.6 Å². The Morgan fingerprint density at radius 1 is 1.08 bits per heavy atom. The number of benzene rings is 2. The summed E-state index contributed by atoms with van der Waals surface area (Å²) in [6.45, 7) is 6.33. The number of ether oxygens (including phenoxy) is 1. The van der Waals surface area contributed by atoms with Crippen LogP contribution in [0.5, 0.6) is 5.75 Å². The van der Waals surface area contributed by atoms with Gasteiger partial charge in [-0.05, 0) is 48.7 Å². The Morgan fingerprint density at radius 3 is 2.38 bits per heavy atom. The van der Waals surface area contributed by atoms with Crippen molar-refractivity contribution in [1.82, 2.24) is 5.32 Å². The summed E-state index contributed by atoms with van der Waals surface area (Å²) in [5.74, 6) is 0.629. The fourth-order valence-corrected chi connectivity index (χ4v) is 2.72. The van der Waals surface area contributed by atoms with Crippen molar-refractivity contribution in [1.29, 1.82) is 0 Å². The van der Waals surface area contributed by atoms with E-state index in [1.165, 1.54) is 6.92 Å². The molecule has 2 aromatic carbocycles. The highest BCUT2D eigenvalue weighted by molar-refractivity contribution is 5.93. The van der Waals surface area contributed by atoms with Gasteiger partial charge in [-0.25, -0.2) is 0 Å². The van der Waals surface area contributed by atoms with Crippen LogP contribution < -0.4 is 15.0 Å². The third-order valence-corrected chi connectivity index (χ3v) is 4.46. The maximum Gasteiger partial charge on any atom is 0.223 e. The summed E-state index contributed by atoms with van der Waals surface area (Å²) < 4.78 is 5.12. The van der Waals surface area contributed by atoms with E-state index in [-0.39, 0.29) is 18.2 Å². The monoisotopic (exact) mass is 354 g/mol. The van der Waals surface area contributed by atoms with E-state index in [2.05, 4.69) is 5.32 Å². The maximum absolute atomic E-state index is 12.2. The van der Waals surface area contributed by atoms with Crippen molar-refractivity contribution in [2.24, 2.45) is 0 Å². The first-order valence-electron chi connectivity index (χ1n) is 8.66. The van der Waals surface area contributed by atoms with E-state index in [1.54, 1.807) is 12.0 Å². The normalized spacial score (nSPS) is 10.3. The van der Waals surface area contributed by atoms with Crippen LogP contribution in [-0.4, -0.2) is 25.5 Å². The molecule has 0 saturated heterocycles. The highest BCUT2D eigenvalue weighted by atomic mass is 16.5. The zero-order valence-corrected chi connectivity index (χ0v) is 15.8. The molecule has 2 amide bonds. The largest absolute Gasteiger partial charge is 0.497 e. The molecule has 0 spiro atoms. The van der Waals surface area contributed by atoms with Gasteiger partial charge in [0.1, 0.15) is 5.75 Å². The van der Waals surface area contributed by atoms with E-state index < -0.39 is 0 Å². The number of hydrogen-bond donors (Lipinski definition) is 1. The molecule has 5 heteroatoms. The maximum atomic E-state index is 12.2. The Morgan fingerprint density at radius 2 is 1.77 bits per heavy atom. The van der Waals surface area contributed by atoms with E-state index in [1.807, 2.05) is 56.3 Å². The van der Waals surface area contributed by atoms with Gasteiger partial charge in [-0.15, -0.1) is 0 Å². The van der Waals surface area contributed by atoms with Gasteiger partial charge in [0.05, 0.1) is 7.11 Å². The van der Waals surface area contributed by atoms with Crippen LogP contribution in [0.1, 0.15) is 30.0 Å². The second-order valence-electron chi connectivity index (χ2n) is 6.26. The molecule has 26 heavy (non-hydrogen) atoms. The lowest BCUT2D eigenvalue weighted by molar-refractivity contribution is -0.121. The van der Waals surface area contributed by atoms with Gasteiger partial charge in [0.15, 0.2) is 0 Å². The predicted octanol–water partition coefficient (Wildman–Crippen LogP) is 3.37. The van der Waals surface area contributed by atoms with E-state index >= 15 is 0 Å². The third-order valence-electron chi connectivity index (χ3n) is 4.46. The highest BCUT2D eigenvalue weighted by Gasteiger charge is 2.16. The number of anilines is 1. The van der Waals surface area contributed by atoms with Crippen LogP contribution in [0.25, 0.3) is 0 Å². The third kappa shape index (κ3) is 5.09. The number of rotatable bonds is 7. The summed E-state index contributed by atoms with van der Waals surface area (Å²) in [5.41, 5.74) is 4.04. The average molecular weight is 354 g/mol. The van der Waals surface area contributed by atoms with Gasteiger partial charge < -0.3 is 15.0 Å². The molecule has 0 atom stereocenters. The fraction of sp³-hybridized carbons (Fsp3) is 0.333. The molecule has 138 valence electrons. The van der Waals surface area contributed by atoms with Crippen LogP contribution in [0.15, 0.2) is 42.5 Å². The number of nitrogens with one attached hydrogen (secondary N) is 1. The van der Waals surface area contributed by atoms with Crippen molar-refractivity contribution < 1.29 is 14.3 Å². The number of nitrogens with zero attached hydrogens (tertiary/aromatic N) is 1. The first-order valence-corrected chi connectivity index (χ1v) is 8.66. The van der Waals surface area contributed by atoms with E-state index in [9.17, 15) is 9.59 Å². The van der Waals surface area contributed by atoms with Crippen molar-refractivity contribution in [3.63, 3.8) is 0 Å². The molecular formula is C21H26N2O3. The molecule has 0 unspecified atom stereocenters. The second kappa shape index (κ2) is 9.04. The Hall–Kier alpha value is -2.82. The summed E-state index contributed by atoms with van der Waals surface area (Å²) in [6.07, 6.45) is 0.253. The Kier molecular flexibility index (Phi) is 6.78. The molecule has 0 saturated carbocycles. The molecule has 0 radical (unpaired) electrons. The summed E-state index contributed by atoms with van der Waals surface area (Å²) in [5, 5.41) is 2.89. The Bertz CT molecular complexity index is 769. The van der Waals surface area contributed by atoms with Crippen molar-refractivity contribution >= 4 is 17.5 Å². The Balaban J connectivity index is 1.92. The van der Waals surface area contributed by atoms with E-state index in [4.69, 9.17) is 4.74 Å². The minimum atomic E-state index is -0.0858. The van der Waals surface area contributed by atoms with Crippen LogP contribution in [0.4, 0.5) is 5.69 Å². The highest BCUT2D eigenvalue weighted by Crippen LogP contribution is 2.23. The van der Waals surface area contributed by atoms with Gasteiger partial charge in [-0.1, -0.05) is 24.3 Å². The summed E-state index contributed by atoms with van der Waals surface area (Å²) >= 11 is 0. The van der Waals surface area contributed by atoms with E-state index in [0.29, 0.717) is 13.1 Å². The molecule has 1 N–H and O–H groups in total. The number of methoxy groups -OCH3 is 1. The first-order chi connectivity index (χ1) is 12.4. The SMILES string of the molecule is COc1ccc(CNC(=O)CCN(C(C)=O)c2cccc(C)c2C)cc1. The quantitative estimate of drug-likeness (QED) is 0.829. The zero-order valence-electron chi connectivity index (χ0n) is 15.8. The number of aryl methyl sites for hydroxylation is 1. The lowest BCUT2D eigenvalue weighted by Gasteiger charge is -2.23. The minimum Gasteiger partial charge on any atom is -0.497 e. The van der Waals surface area contributed by atoms with Gasteiger partial charge in [0.2, 0.25) is 11.8 Å². The molecular weight excluding hydrogens is 328 g/mol. The molecule has 0 heterocycles. The fourth-order valence-electron chi connectivity index (χ4n) is 2.72. The average Bonchev–Trinajstić information content (AvgIpc) is 2.63. The number of carbonyl (C=O) groups excluding carboxylic acids is 2. The van der Waals surface area contributed by atoms with Gasteiger partial charge >= 0.3 is 0 Å². The van der Waals surface area contributed by atoms with E-state index in [0.717, 1.165) is 28.1 Å². The summed E-state index contributed by atoms with van der Waals surface area (Å²) in [4.78, 5) is 25.9. The van der Waals surface area contributed by atoms with Crippen LogP contribution >= 0.6 is 0 Å². The predicted molar refractivity (Wildman–Crippen MR) is 103 cm³/mol. The number of amides is 2. The van der Waals surface area contributed by atoms with Crippen molar-refractivity contribution in [2.45, 2.75) is 33.7 Å². The number of hydrogen-bond acceptors (Lipinski definition) is 3. The molecule has 0 bridgehead atoms. The van der Waals surface area contributed by atoms with Crippen LogP contribution in [0.2, 0.25) is 0 Å². The Labute approximate surface area is 155 Å². The number of carbonyl (C=O) groups is 2. The lowest BCUT2D eigenvalue weighted by Crippen LogP contribution is -2.34. The van der Waals surface area contributed by atoms with Gasteiger partial charge in [0.25, 0.3) is 0 Å². The van der Waals surface area contributed by atoms with Crippen LogP contribution in [-0.2, 0) is 16.1 Å². The van der Waals surface area contributed by atoms with Crippen LogP contribution in [0.3, 0.4) is 0 Å². The molecule has 0 aromatic heterocycles. The second-order valence-corrected chi connectivity index (χ2v) is 6.26. The minimum absolute atomic E-state index is 0.0679. The lowest BCUT2D eigenvalue weighted by atomic mass is 10.1. The molecule has 5 nitrogen and oxygen atoms in total. The molecule has 2 aromatic rings. The van der Waals surface area contributed by atoms with Gasteiger partial charge in [-0.3, -0.25) is 9.59 Å². The molecule has 0 aliphatic rings. The van der Waals surface area contributed by atoms with Crippen molar-refractivity contribution in [3.8, 4) is 5.75 Å². The molecule has 2 rings (SSSR count).